The first kappa shape index (κ1) is 16.4. The maximum absolute atomic E-state index is 10.9. The van der Waals surface area contributed by atoms with Crippen molar-refractivity contribution in [2.45, 2.75) is 39.7 Å². The molecule has 7 heteroatoms. The number of carbonyl (C=O) groups is 1. The van der Waals surface area contributed by atoms with E-state index in [2.05, 4.69) is 41.5 Å². The SMILES string of the molecule is CC(=O)NCc1ccc(Nc2nn3cc(C(C)(C)C)nc3s2)cc1. The van der Waals surface area contributed by atoms with Gasteiger partial charge in [0.25, 0.3) is 0 Å². The van der Waals surface area contributed by atoms with Gasteiger partial charge in [-0.25, -0.2) is 9.50 Å². The van der Waals surface area contributed by atoms with Crippen molar-refractivity contribution in [1.82, 2.24) is 19.9 Å². The molecule has 1 amide bonds. The average Bonchev–Trinajstić information content (AvgIpc) is 3.04. The average molecular weight is 343 g/mol. The zero-order valence-corrected chi connectivity index (χ0v) is 15.1. The van der Waals surface area contributed by atoms with Gasteiger partial charge in [0.15, 0.2) is 0 Å². The van der Waals surface area contributed by atoms with Crippen molar-refractivity contribution in [1.29, 1.82) is 0 Å². The second-order valence-corrected chi connectivity index (χ2v) is 7.70. The number of nitrogens with one attached hydrogen (secondary N) is 2. The van der Waals surface area contributed by atoms with Gasteiger partial charge in [0, 0.05) is 24.6 Å². The molecule has 0 aliphatic carbocycles. The fourth-order valence-electron chi connectivity index (χ4n) is 2.17. The third-order valence-electron chi connectivity index (χ3n) is 3.56. The van der Waals surface area contributed by atoms with E-state index in [0.717, 1.165) is 27.0 Å². The number of imidazole rings is 1. The molecule has 0 spiro atoms. The highest BCUT2D eigenvalue weighted by atomic mass is 32.1. The van der Waals surface area contributed by atoms with Gasteiger partial charge in [-0.05, 0) is 17.7 Å². The Hall–Kier alpha value is -2.41. The lowest BCUT2D eigenvalue weighted by Crippen LogP contribution is -2.18. The van der Waals surface area contributed by atoms with E-state index in [-0.39, 0.29) is 11.3 Å². The Labute approximate surface area is 144 Å². The molecule has 0 saturated heterocycles. The normalized spacial score (nSPS) is 11.7. The maximum Gasteiger partial charge on any atom is 0.217 e. The summed E-state index contributed by atoms with van der Waals surface area (Å²) >= 11 is 1.52. The van der Waals surface area contributed by atoms with Crippen LogP contribution in [-0.2, 0) is 16.8 Å². The smallest absolute Gasteiger partial charge is 0.217 e. The van der Waals surface area contributed by atoms with E-state index in [4.69, 9.17) is 0 Å². The molecule has 0 aliphatic heterocycles. The van der Waals surface area contributed by atoms with Gasteiger partial charge in [-0.1, -0.05) is 44.2 Å². The van der Waals surface area contributed by atoms with Crippen LogP contribution in [0.1, 0.15) is 39.0 Å². The maximum atomic E-state index is 10.9. The van der Waals surface area contributed by atoms with E-state index >= 15 is 0 Å². The number of amides is 1. The second kappa shape index (κ2) is 6.24. The molecule has 0 radical (unpaired) electrons. The van der Waals surface area contributed by atoms with Crippen LogP contribution in [0.25, 0.3) is 4.96 Å². The molecule has 2 aromatic heterocycles. The predicted octanol–water partition coefficient (Wildman–Crippen LogP) is 3.47. The number of hydrogen-bond donors (Lipinski definition) is 2. The van der Waals surface area contributed by atoms with Crippen LogP contribution >= 0.6 is 11.3 Å². The van der Waals surface area contributed by atoms with Crippen LogP contribution in [-0.4, -0.2) is 20.5 Å². The van der Waals surface area contributed by atoms with Crippen molar-refractivity contribution >= 4 is 33.0 Å². The highest BCUT2D eigenvalue weighted by Crippen LogP contribution is 2.27. The Morgan fingerprint density at radius 2 is 1.96 bits per heavy atom. The zero-order chi connectivity index (χ0) is 17.3. The number of nitrogens with zero attached hydrogens (tertiary/aromatic N) is 3. The van der Waals surface area contributed by atoms with E-state index in [1.807, 2.05) is 35.0 Å². The molecule has 6 nitrogen and oxygen atoms in total. The van der Waals surface area contributed by atoms with Gasteiger partial charge in [-0.15, -0.1) is 5.10 Å². The molecule has 3 rings (SSSR count). The van der Waals surface area contributed by atoms with E-state index in [0.29, 0.717) is 6.54 Å². The van der Waals surface area contributed by atoms with Gasteiger partial charge in [0.1, 0.15) is 0 Å². The van der Waals surface area contributed by atoms with Crippen LogP contribution in [0.3, 0.4) is 0 Å². The van der Waals surface area contributed by atoms with Crippen LogP contribution in [0.2, 0.25) is 0 Å². The highest BCUT2D eigenvalue weighted by molar-refractivity contribution is 7.20. The van der Waals surface area contributed by atoms with Crippen molar-refractivity contribution < 1.29 is 4.79 Å². The highest BCUT2D eigenvalue weighted by Gasteiger charge is 2.19. The largest absolute Gasteiger partial charge is 0.352 e. The summed E-state index contributed by atoms with van der Waals surface area (Å²) in [5.74, 6) is -0.0297. The first-order chi connectivity index (χ1) is 11.3. The molecule has 2 N–H and O–H groups in total. The summed E-state index contributed by atoms with van der Waals surface area (Å²) in [6.07, 6.45) is 1.98. The van der Waals surface area contributed by atoms with E-state index in [9.17, 15) is 4.79 Å². The Kier molecular flexibility index (Phi) is 4.28. The quantitative estimate of drug-likeness (QED) is 0.761. The third kappa shape index (κ3) is 3.73. The molecule has 0 atom stereocenters. The Morgan fingerprint density at radius 3 is 2.54 bits per heavy atom. The van der Waals surface area contributed by atoms with Gasteiger partial charge in [0.2, 0.25) is 16.0 Å². The summed E-state index contributed by atoms with van der Waals surface area (Å²) in [6.45, 7) is 8.47. The number of fused-ring (bicyclic) bond motifs is 1. The van der Waals surface area contributed by atoms with Crippen molar-refractivity contribution in [3.8, 4) is 0 Å². The van der Waals surface area contributed by atoms with Crippen molar-refractivity contribution in [2.24, 2.45) is 0 Å². The lowest BCUT2D eigenvalue weighted by atomic mass is 9.93. The van der Waals surface area contributed by atoms with Crippen molar-refractivity contribution in [3.05, 3.63) is 41.7 Å². The van der Waals surface area contributed by atoms with Crippen LogP contribution in [0.5, 0.6) is 0 Å². The molecule has 0 unspecified atom stereocenters. The van der Waals surface area contributed by atoms with Crippen LogP contribution in [0.4, 0.5) is 10.8 Å². The first-order valence-corrected chi connectivity index (χ1v) is 8.60. The summed E-state index contributed by atoms with van der Waals surface area (Å²) < 4.78 is 1.82. The standard InChI is InChI=1S/C17H21N5OS/c1-11(23)18-9-12-5-7-13(8-6-12)19-15-21-22-10-14(17(2,3)4)20-16(22)24-15/h5-8,10H,9H2,1-4H3,(H,18,23)(H,19,21). The molecule has 0 saturated carbocycles. The second-order valence-electron chi connectivity index (χ2n) is 6.74. The minimum absolute atomic E-state index is 0.0186. The van der Waals surface area contributed by atoms with Crippen LogP contribution < -0.4 is 10.6 Å². The van der Waals surface area contributed by atoms with Gasteiger partial charge in [-0.2, -0.15) is 0 Å². The van der Waals surface area contributed by atoms with Gasteiger partial charge >= 0.3 is 0 Å². The minimum atomic E-state index is -0.0297. The topological polar surface area (TPSA) is 71.3 Å². The number of rotatable bonds is 4. The molecule has 1 aromatic carbocycles. The van der Waals surface area contributed by atoms with E-state index < -0.39 is 0 Å². The molecule has 3 aromatic rings. The first-order valence-electron chi connectivity index (χ1n) is 7.78. The van der Waals surface area contributed by atoms with Gasteiger partial charge < -0.3 is 10.6 Å². The summed E-state index contributed by atoms with van der Waals surface area (Å²) in [5, 5.41) is 11.4. The lowest BCUT2D eigenvalue weighted by molar-refractivity contribution is -0.119. The number of carbonyl (C=O) groups excluding carboxylic acids is 1. The monoisotopic (exact) mass is 343 g/mol. The summed E-state index contributed by atoms with van der Waals surface area (Å²) in [4.78, 5) is 16.5. The van der Waals surface area contributed by atoms with Crippen LogP contribution in [0.15, 0.2) is 30.5 Å². The molecule has 126 valence electrons. The molecule has 2 heterocycles. The molecule has 24 heavy (non-hydrogen) atoms. The Balaban J connectivity index is 1.70. The van der Waals surface area contributed by atoms with E-state index in [1.54, 1.807) is 0 Å². The molecule has 0 bridgehead atoms. The fourth-order valence-corrected chi connectivity index (χ4v) is 2.97. The van der Waals surface area contributed by atoms with Crippen molar-refractivity contribution in [3.63, 3.8) is 0 Å². The molecular weight excluding hydrogens is 322 g/mol. The van der Waals surface area contributed by atoms with Crippen molar-refractivity contribution in [2.75, 3.05) is 5.32 Å². The summed E-state index contributed by atoms with van der Waals surface area (Å²) in [6, 6.07) is 7.91. The molecule has 0 fully saturated rings. The minimum Gasteiger partial charge on any atom is -0.352 e. The number of hydrogen-bond acceptors (Lipinski definition) is 5. The van der Waals surface area contributed by atoms with E-state index in [1.165, 1.54) is 18.3 Å². The molecular formula is C17H21N5OS. The number of aromatic nitrogens is 3. The van der Waals surface area contributed by atoms with Gasteiger partial charge in [0.05, 0.1) is 11.9 Å². The third-order valence-corrected chi connectivity index (χ3v) is 4.40. The predicted molar refractivity (Wildman–Crippen MR) is 96.8 cm³/mol. The Bertz CT molecular complexity index is 826. The lowest BCUT2D eigenvalue weighted by Gasteiger charge is -2.13. The molecule has 0 aliphatic rings. The summed E-state index contributed by atoms with van der Waals surface area (Å²) in [5.41, 5.74) is 3.06. The zero-order valence-electron chi connectivity index (χ0n) is 14.3. The Morgan fingerprint density at radius 1 is 1.25 bits per heavy atom. The summed E-state index contributed by atoms with van der Waals surface area (Å²) in [7, 11) is 0. The fraction of sp³-hybridized carbons (Fsp3) is 0.353. The van der Waals surface area contributed by atoms with Crippen LogP contribution in [0, 0.1) is 0 Å². The number of benzene rings is 1. The number of anilines is 2. The van der Waals surface area contributed by atoms with Gasteiger partial charge in [-0.3, -0.25) is 4.79 Å².